The number of ether oxygens (including phenoxy) is 2. The molecule has 2 N–H and O–H groups in total. The van der Waals surface area contributed by atoms with Crippen LogP contribution in [0.15, 0.2) is 22.1 Å². The molecule has 0 aromatic carbocycles. The summed E-state index contributed by atoms with van der Waals surface area (Å²) in [5.41, 5.74) is -0.627. The molecule has 10 heteroatoms. The van der Waals surface area contributed by atoms with Crippen LogP contribution in [0.3, 0.4) is 0 Å². The summed E-state index contributed by atoms with van der Waals surface area (Å²) in [6.45, 7) is -0.354. The maximum Gasteiger partial charge on any atom is 0.351 e. The second-order valence-electron chi connectivity index (χ2n) is 5.67. The van der Waals surface area contributed by atoms with Crippen LogP contribution in [0, 0.1) is 11.3 Å². The number of hydrogen-bond donors (Lipinski definition) is 2. The van der Waals surface area contributed by atoms with Gasteiger partial charge in [0.05, 0.1) is 32.0 Å². The molecule has 1 aliphatic heterocycles. The Hall–Kier alpha value is -2.32. The molecule has 0 saturated carbocycles. The average molecular weight is 351 g/mol. The summed E-state index contributed by atoms with van der Waals surface area (Å²) in [6.07, 6.45) is -0.806. The molecule has 1 aromatic heterocycles. The number of aliphatic hydroxyl groups excluding tert-OH is 2. The van der Waals surface area contributed by atoms with Crippen LogP contribution in [-0.2, 0) is 9.47 Å². The van der Waals surface area contributed by atoms with Gasteiger partial charge in [-0.05, 0) is 6.07 Å². The van der Waals surface area contributed by atoms with Gasteiger partial charge < -0.3 is 24.6 Å². The highest BCUT2D eigenvalue weighted by Crippen LogP contribution is 2.31. The molecule has 1 unspecified atom stereocenters. The minimum absolute atomic E-state index is 0.0730. The van der Waals surface area contributed by atoms with Crippen LogP contribution in [0.5, 0.6) is 0 Å². The van der Waals surface area contributed by atoms with Crippen molar-refractivity contribution < 1.29 is 19.7 Å². The maximum absolute atomic E-state index is 12.3. The van der Waals surface area contributed by atoms with Gasteiger partial charge in [-0.2, -0.15) is 10.2 Å². The Morgan fingerprint density at radius 2 is 2.36 bits per heavy atom. The summed E-state index contributed by atoms with van der Waals surface area (Å²) >= 11 is 0. The lowest BCUT2D eigenvalue weighted by Gasteiger charge is -2.21. The van der Waals surface area contributed by atoms with Gasteiger partial charge in [0, 0.05) is 20.3 Å². The van der Waals surface area contributed by atoms with E-state index in [4.69, 9.17) is 14.7 Å². The summed E-state index contributed by atoms with van der Waals surface area (Å²) in [6, 6.07) is 3.45. The van der Waals surface area contributed by atoms with E-state index in [0.29, 0.717) is 0 Å². The fraction of sp³-hybridized carbons (Fsp3) is 0.600. The van der Waals surface area contributed by atoms with Gasteiger partial charge in [0.25, 0.3) is 0 Å². The molecule has 1 aliphatic rings. The van der Waals surface area contributed by atoms with Crippen LogP contribution in [0.4, 0.5) is 5.82 Å². The first-order valence-electron chi connectivity index (χ1n) is 7.70. The van der Waals surface area contributed by atoms with E-state index in [1.807, 2.05) is 6.07 Å². The highest BCUT2D eigenvalue weighted by molar-refractivity contribution is 5.58. The molecule has 25 heavy (non-hydrogen) atoms. The van der Waals surface area contributed by atoms with Crippen molar-refractivity contribution in [1.29, 1.82) is 5.26 Å². The smallest absolute Gasteiger partial charge is 0.351 e. The molecule has 2 rings (SSSR count). The van der Waals surface area contributed by atoms with Crippen LogP contribution < -0.4 is 5.69 Å². The maximum atomic E-state index is 12.3. The third kappa shape index (κ3) is 4.61. The Labute approximate surface area is 144 Å². The summed E-state index contributed by atoms with van der Waals surface area (Å²) < 4.78 is 12.2. The van der Waals surface area contributed by atoms with Crippen molar-refractivity contribution in [3.8, 4) is 6.07 Å². The Balaban J connectivity index is 2.24. The standard InChI is InChI=1S/C15H21N5O5/c1-19(2)9-17-11-4-6-20(15(23)18-11)14-13(24-7-3-5-16)12(22)10(8-21)25-14/h4,6,9-10,12-14,21-22H,3,7-8H2,1-2H3/t10-,12?,13+,14-/m1/s1. The number of nitriles is 1. The number of rotatable bonds is 7. The van der Waals surface area contributed by atoms with Crippen LogP contribution in [0.1, 0.15) is 12.6 Å². The van der Waals surface area contributed by atoms with E-state index in [-0.39, 0.29) is 18.8 Å². The average Bonchev–Trinajstić information content (AvgIpc) is 2.89. The van der Waals surface area contributed by atoms with Gasteiger partial charge in [-0.1, -0.05) is 0 Å². The molecule has 10 nitrogen and oxygen atoms in total. The van der Waals surface area contributed by atoms with Gasteiger partial charge in [0.2, 0.25) is 0 Å². The molecule has 136 valence electrons. The number of aliphatic imine (C=N–C) groups is 1. The third-order valence-electron chi connectivity index (χ3n) is 3.53. The molecule has 0 aliphatic carbocycles. The Morgan fingerprint density at radius 1 is 1.60 bits per heavy atom. The normalized spacial score (nSPS) is 26.0. The van der Waals surface area contributed by atoms with E-state index in [0.717, 1.165) is 0 Å². The number of aliphatic hydroxyl groups is 2. The van der Waals surface area contributed by atoms with Crippen molar-refractivity contribution >= 4 is 12.2 Å². The lowest BCUT2D eigenvalue weighted by atomic mass is 10.1. The molecule has 1 aromatic rings. The van der Waals surface area contributed by atoms with Crippen LogP contribution in [0.2, 0.25) is 0 Å². The van der Waals surface area contributed by atoms with Crippen molar-refractivity contribution in [2.45, 2.75) is 31.0 Å². The van der Waals surface area contributed by atoms with Crippen molar-refractivity contribution in [1.82, 2.24) is 14.5 Å². The van der Waals surface area contributed by atoms with E-state index < -0.39 is 36.8 Å². The number of aromatic nitrogens is 2. The van der Waals surface area contributed by atoms with Crippen LogP contribution in [-0.4, -0.2) is 76.6 Å². The van der Waals surface area contributed by atoms with Crippen molar-refractivity contribution in [3.63, 3.8) is 0 Å². The summed E-state index contributed by atoms with van der Waals surface area (Å²) in [5.74, 6) is 0.231. The monoisotopic (exact) mass is 351 g/mol. The second-order valence-corrected chi connectivity index (χ2v) is 5.67. The minimum atomic E-state index is -1.13. The largest absolute Gasteiger partial charge is 0.394 e. The summed E-state index contributed by atoms with van der Waals surface area (Å²) in [4.78, 5) is 21.9. The molecule has 1 fully saturated rings. The first kappa shape index (κ1) is 19.0. The van der Waals surface area contributed by atoms with E-state index in [9.17, 15) is 15.0 Å². The zero-order valence-electron chi connectivity index (χ0n) is 14.0. The quantitative estimate of drug-likeness (QED) is 0.363. The summed E-state index contributed by atoms with van der Waals surface area (Å²) in [7, 11) is 3.58. The first-order chi connectivity index (χ1) is 12.0. The van der Waals surface area contributed by atoms with Crippen molar-refractivity contribution in [2.75, 3.05) is 27.3 Å². The van der Waals surface area contributed by atoms with E-state index in [1.54, 1.807) is 19.0 Å². The van der Waals surface area contributed by atoms with Crippen molar-refractivity contribution in [3.05, 3.63) is 22.7 Å². The molecule has 0 amide bonds. The van der Waals surface area contributed by atoms with Gasteiger partial charge in [0.15, 0.2) is 12.0 Å². The molecule has 4 atom stereocenters. The second kappa shape index (κ2) is 8.68. The molecular formula is C15H21N5O5. The lowest BCUT2D eigenvalue weighted by Crippen LogP contribution is -2.38. The zero-order valence-corrected chi connectivity index (χ0v) is 14.0. The lowest BCUT2D eigenvalue weighted by molar-refractivity contribution is -0.0732. The Morgan fingerprint density at radius 3 is 2.96 bits per heavy atom. The predicted molar refractivity (Wildman–Crippen MR) is 87.3 cm³/mol. The summed E-state index contributed by atoms with van der Waals surface area (Å²) in [5, 5.41) is 28.1. The Bertz CT molecular complexity index is 698. The molecule has 1 saturated heterocycles. The molecule has 0 spiro atoms. The molecule has 0 radical (unpaired) electrons. The zero-order chi connectivity index (χ0) is 18.4. The first-order valence-corrected chi connectivity index (χ1v) is 7.70. The van der Waals surface area contributed by atoms with Gasteiger partial charge in [0.1, 0.15) is 18.3 Å². The van der Waals surface area contributed by atoms with Gasteiger partial charge in [-0.15, -0.1) is 0 Å². The fourth-order valence-electron chi connectivity index (χ4n) is 2.36. The number of nitrogens with zero attached hydrogens (tertiary/aromatic N) is 5. The fourth-order valence-corrected chi connectivity index (χ4v) is 2.36. The van der Waals surface area contributed by atoms with E-state index in [2.05, 4.69) is 9.98 Å². The van der Waals surface area contributed by atoms with Crippen LogP contribution in [0.25, 0.3) is 0 Å². The number of hydrogen-bond acceptors (Lipinski definition) is 8. The van der Waals surface area contributed by atoms with Crippen LogP contribution >= 0.6 is 0 Å². The highest BCUT2D eigenvalue weighted by Gasteiger charge is 2.45. The van der Waals surface area contributed by atoms with E-state index >= 15 is 0 Å². The molecular weight excluding hydrogens is 330 g/mol. The molecule has 2 heterocycles. The predicted octanol–water partition coefficient (Wildman–Crippen LogP) is -0.986. The van der Waals surface area contributed by atoms with Gasteiger partial charge >= 0.3 is 5.69 Å². The SMILES string of the molecule is CN(C)C=Nc1ccn([C@@H]2O[C@H](CO)C(O)[C@@H]2OCCC#N)c(=O)n1. The molecule has 0 bridgehead atoms. The topological polar surface area (TPSA) is 133 Å². The Kier molecular flexibility index (Phi) is 6.60. The minimum Gasteiger partial charge on any atom is -0.394 e. The highest BCUT2D eigenvalue weighted by atomic mass is 16.6. The third-order valence-corrected chi connectivity index (χ3v) is 3.53. The van der Waals surface area contributed by atoms with E-state index in [1.165, 1.54) is 23.2 Å². The van der Waals surface area contributed by atoms with Gasteiger partial charge in [-0.25, -0.2) is 9.79 Å². The van der Waals surface area contributed by atoms with Crippen molar-refractivity contribution in [2.24, 2.45) is 4.99 Å². The van der Waals surface area contributed by atoms with Gasteiger partial charge in [-0.3, -0.25) is 4.57 Å².